The van der Waals surface area contributed by atoms with Crippen molar-refractivity contribution in [3.05, 3.63) is 29.6 Å². The first-order valence-electron chi connectivity index (χ1n) is 3.43. The largest absolute Gasteiger partial charge is 0.756 e. The molecule has 0 saturated carbocycles. The monoisotopic (exact) mass is 194 g/mol. The molecular formula is C7H7F3NO2-. The third-order valence-electron chi connectivity index (χ3n) is 1.50. The average Bonchev–Trinajstić information content (AvgIpc) is 1.92. The molecule has 3 nitrogen and oxygen atoms in total. The molecule has 0 saturated heterocycles. The number of rotatable bonds is 1. The van der Waals surface area contributed by atoms with Crippen molar-refractivity contribution in [3.8, 4) is 0 Å². The normalized spacial score (nSPS) is 28.2. The summed E-state index contributed by atoms with van der Waals surface area (Å²) in [4.78, 5) is 0. The van der Waals surface area contributed by atoms with Gasteiger partial charge in [-0.2, -0.15) is 0 Å². The highest BCUT2D eigenvalue weighted by Gasteiger charge is 2.40. The van der Waals surface area contributed by atoms with Gasteiger partial charge < -0.3 is 10.3 Å². The summed E-state index contributed by atoms with van der Waals surface area (Å²) in [6, 6.07) is 0. The fraction of sp³-hybridized carbons (Fsp3) is 0.429. The van der Waals surface area contributed by atoms with E-state index < -0.39 is 12.1 Å². The van der Waals surface area contributed by atoms with Crippen LogP contribution in [0.25, 0.3) is 0 Å². The van der Waals surface area contributed by atoms with E-state index in [-0.39, 0.29) is 5.06 Å². The second kappa shape index (κ2) is 3.04. The molecule has 0 aromatic carbocycles. The molecule has 0 aromatic heterocycles. The molecule has 0 aliphatic carbocycles. The van der Waals surface area contributed by atoms with Crippen LogP contribution in [0, 0.1) is 5.21 Å². The van der Waals surface area contributed by atoms with Crippen LogP contribution in [0.4, 0.5) is 13.2 Å². The summed E-state index contributed by atoms with van der Waals surface area (Å²) in [7, 11) is 0. The lowest BCUT2D eigenvalue weighted by atomic mass is 10.2. The number of hydrogen-bond donors (Lipinski definition) is 0. The molecule has 0 amide bonds. The van der Waals surface area contributed by atoms with E-state index in [1.165, 1.54) is 12.2 Å². The highest BCUT2D eigenvalue weighted by Crippen LogP contribution is 2.30. The summed E-state index contributed by atoms with van der Waals surface area (Å²) < 4.78 is 39.1. The number of allylic oxidation sites excluding steroid dienone is 2. The molecule has 0 bridgehead atoms. The summed E-state index contributed by atoms with van der Waals surface area (Å²) in [5, 5.41) is 11.0. The number of hydrogen-bond acceptors (Lipinski definition) is 3. The molecule has 1 aliphatic rings. The van der Waals surface area contributed by atoms with Crippen molar-refractivity contribution in [2.24, 2.45) is 0 Å². The Kier molecular flexibility index (Phi) is 2.36. The Morgan fingerprint density at radius 1 is 1.38 bits per heavy atom. The summed E-state index contributed by atoms with van der Waals surface area (Å²) in [5.74, 6) is 0. The van der Waals surface area contributed by atoms with Crippen molar-refractivity contribution < 1.29 is 17.9 Å². The van der Waals surface area contributed by atoms with Crippen molar-refractivity contribution >= 4 is 0 Å². The van der Waals surface area contributed by atoms with Crippen LogP contribution in [0.3, 0.4) is 0 Å². The molecule has 13 heavy (non-hydrogen) atoms. The Bertz CT molecular complexity index is 249. The van der Waals surface area contributed by atoms with Gasteiger partial charge in [0.05, 0.1) is 0 Å². The van der Waals surface area contributed by atoms with Crippen LogP contribution in [0.1, 0.15) is 6.92 Å². The highest BCUT2D eigenvalue weighted by atomic mass is 19.4. The highest BCUT2D eigenvalue weighted by molar-refractivity contribution is 5.16. The van der Waals surface area contributed by atoms with Gasteiger partial charge in [0.25, 0.3) is 0 Å². The van der Waals surface area contributed by atoms with Crippen LogP contribution >= 0.6 is 0 Å². The van der Waals surface area contributed by atoms with Gasteiger partial charge in [-0.1, -0.05) is 6.08 Å². The molecule has 6 heteroatoms. The van der Waals surface area contributed by atoms with Gasteiger partial charge in [-0.15, -0.1) is 13.2 Å². The molecule has 0 aromatic rings. The van der Waals surface area contributed by atoms with Crippen molar-refractivity contribution in [1.29, 1.82) is 0 Å². The minimum atomic E-state index is -4.83. The van der Waals surface area contributed by atoms with E-state index in [1.807, 2.05) is 0 Å². The van der Waals surface area contributed by atoms with Crippen LogP contribution in [0.15, 0.2) is 24.4 Å². The van der Waals surface area contributed by atoms with Crippen LogP contribution in [-0.4, -0.2) is 17.2 Å². The Morgan fingerprint density at radius 2 is 2.00 bits per heavy atom. The molecule has 0 fully saturated rings. The predicted octanol–water partition coefficient (Wildman–Crippen LogP) is 2.12. The van der Waals surface area contributed by atoms with Gasteiger partial charge >= 0.3 is 6.36 Å². The number of hydroxylamine groups is 2. The molecular weight excluding hydrogens is 187 g/mol. The lowest BCUT2D eigenvalue weighted by molar-refractivity contribution is -0.370. The van der Waals surface area contributed by atoms with Gasteiger partial charge in [0.2, 0.25) is 0 Å². The summed E-state index contributed by atoms with van der Waals surface area (Å²) in [6.07, 6.45) is -0.180. The molecule has 0 radical (unpaired) electrons. The molecule has 1 heterocycles. The van der Waals surface area contributed by atoms with Gasteiger partial charge in [-0.3, -0.25) is 4.74 Å². The molecule has 1 unspecified atom stereocenters. The zero-order chi connectivity index (χ0) is 10.1. The third kappa shape index (κ3) is 2.46. The maximum absolute atomic E-state index is 11.8. The Morgan fingerprint density at radius 3 is 2.46 bits per heavy atom. The van der Waals surface area contributed by atoms with Crippen LogP contribution < -0.4 is 0 Å². The molecule has 0 N–H and O–H groups in total. The van der Waals surface area contributed by atoms with Gasteiger partial charge in [-0.05, 0) is 25.3 Å². The molecule has 1 atom stereocenters. The number of halogens is 3. The Labute approximate surface area is 72.7 Å². The predicted molar refractivity (Wildman–Crippen MR) is 39.0 cm³/mol. The van der Waals surface area contributed by atoms with E-state index in [1.54, 1.807) is 0 Å². The molecule has 1 rings (SSSR count). The van der Waals surface area contributed by atoms with Gasteiger partial charge in [0.1, 0.15) is 0 Å². The maximum atomic E-state index is 11.8. The summed E-state index contributed by atoms with van der Waals surface area (Å²) in [5.41, 5.74) is -1.99. The number of alkyl halides is 3. The molecule has 74 valence electrons. The van der Waals surface area contributed by atoms with Crippen LogP contribution in [-0.2, 0) is 4.74 Å². The summed E-state index contributed by atoms with van der Waals surface area (Å²) in [6.45, 7) is 1.04. The fourth-order valence-electron chi connectivity index (χ4n) is 0.897. The van der Waals surface area contributed by atoms with E-state index >= 15 is 0 Å². The smallest absolute Gasteiger partial charge is 0.524 e. The van der Waals surface area contributed by atoms with E-state index in [9.17, 15) is 18.4 Å². The van der Waals surface area contributed by atoms with E-state index in [2.05, 4.69) is 4.74 Å². The standard InChI is InChI=1S/C7H7F3NO2/c1-6(13-7(8,9)10)4-2-3-5-11(6)12/h2-5H,1H3/q-1. The molecule has 1 aliphatic heterocycles. The minimum absolute atomic E-state index is 0.0977. The second-order valence-electron chi connectivity index (χ2n) is 2.63. The topological polar surface area (TPSA) is 35.5 Å². The quantitative estimate of drug-likeness (QED) is 0.641. The Hall–Kier alpha value is -1.01. The Balaban J connectivity index is 2.76. The average molecular weight is 194 g/mol. The first kappa shape index (κ1) is 10.1. The SMILES string of the molecule is CC1(OC(F)(F)F)C=CC=CN1[O-]. The second-order valence-corrected chi connectivity index (χ2v) is 2.63. The fourth-order valence-corrected chi connectivity index (χ4v) is 0.897. The van der Waals surface area contributed by atoms with Crippen molar-refractivity contribution in [2.45, 2.75) is 19.0 Å². The summed E-state index contributed by atoms with van der Waals surface area (Å²) >= 11 is 0. The lowest BCUT2D eigenvalue weighted by Gasteiger charge is -2.44. The van der Waals surface area contributed by atoms with Crippen LogP contribution in [0.2, 0.25) is 0 Å². The number of ether oxygens (including phenoxy) is 1. The van der Waals surface area contributed by atoms with Crippen molar-refractivity contribution in [2.75, 3.05) is 0 Å². The lowest BCUT2D eigenvalue weighted by Crippen LogP contribution is -2.45. The van der Waals surface area contributed by atoms with Crippen molar-refractivity contribution in [3.63, 3.8) is 0 Å². The zero-order valence-electron chi connectivity index (χ0n) is 6.71. The maximum Gasteiger partial charge on any atom is 0.524 e. The first-order chi connectivity index (χ1) is 5.83. The van der Waals surface area contributed by atoms with Gasteiger partial charge in [-0.25, -0.2) is 0 Å². The van der Waals surface area contributed by atoms with E-state index in [0.29, 0.717) is 0 Å². The van der Waals surface area contributed by atoms with E-state index in [0.717, 1.165) is 19.2 Å². The molecule has 0 spiro atoms. The minimum Gasteiger partial charge on any atom is -0.756 e. The number of nitrogens with zero attached hydrogens (tertiary/aromatic N) is 1. The van der Waals surface area contributed by atoms with E-state index in [4.69, 9.17) is 0 Å². The zero-order valence-corrected chi connectivity index (χ0v) is 6.71. The first-order valence-corrected chi connectivity index (χ1v) is 3.43. The van der Waals surface area contributed by atoms with Gasteiger partial charge in [0, 0.05) is 0 Å². The van der Waals surface area contributed by atoms with Gasteiger partial charge in [0.15, 0.2) is 5.72 Å². The van der Waals surface area contributed by atoms with Crippen molar-refractivity contribution in [1.82, 2.24) is 5.06 Å². The third-order valence-corrected chi connectivity index (χ3v) is 1.50. The van der Waals surface area contributed by atoms with Crippen LogP contribution in [0.5, 0.6) is 0 Å².